The van der Waals surface area contributed by atoms with Crippen molar-refractivity contribution >= 4 is 16.8 Å². The van der Waals surface area contributed by atoms with Crippen LogP contribution in [0.15, 0.2) is 36.4 Å². The summed E-state index contributed by atoms with van der Waals surface area (Å²) in [6.07, 6.45) is 0. The molecule has 86 valence electrons. The first-order chi connectivity index (χ1) is 8.25. The summed E-state index contributed by atoms with van der Waals surface area (Å²) in [4.78, 5) is 11.2. The number of nitrogens with one attached hydrogen (secondary N) is 2. The molecule has 3 rings (SSSR count). The Bertz CT molecular complexity index is 595. The first-order valence-corrected chi connectivity index (χ1v) is 5.50. The summed E-state index contributed by atoms with van der Waals surface area (Å²) >= 11 is 0. The third-order valence-corrected chi connectivity index (χ3v) is 3.07. The minimum atomic E-state index is -0.192. The van der Waals surface area contributed by atoms with Gasteiger partial charge in [0, 0.05) is 12.1 Å². The van der Waals surface area contributed by atoms with Gasteiger partial charge in [0.2, 0.25) is 0 Å². The van der Waals surface area contributed by atoms with Crippen LogP contribution in [0.5, 0.6) is 5.75 Å². The van der Waals surface area contributed by atoms with E-state index in [4.69, 9.17) is 0 Å². The lowest BCUT2D eigenvalue weighted by molar-refractivity contribution is 0.247. The summed E-state index contributed by atoms with van der Waals surface area (Å²) in [7, 11) is 0. The molecule has 0 aliphatic carbocycles. The van der Waals surface area contributed by atoms with Crippen molar-refractivity contribution in [3.63, 3.8) is 0 Å². The number of phenols is 1. The maximum Gasteiger partial charge on any atom is 0.315 e. The van der Waals surface area contributed by atoms with E-state index in [-0.39, 0.29) is 17.8 Å². The zero-order valence-electron chi connectivity index (χ0n) is 9.10. The molecule has 1 atom stereocenters. The average Bonchev–Trinajstić information content (AvgIpc) is 2.75. The highest BCUT2D eigenvalue weighted by atomic mass is 16.3. The molecule has 2 aromatic carbocycles. The van der Waals surface area contributed by atoms with E-state index < -0.39 is 0 Å². The van der Waals surface area contributed by atoms with Crippen molar-refractivity contribution in [2.45, 2.75) is 6.04 Å². The van der Waals surface area contributed by atoms with Crippen LogP contribution in [0, 0.1) is 0 Å². The van der Waals surface area contributed by atoms with E-state index in [0.717, 1.165) is 16.3 Å². The standard InChI is InChI=1S/C13H12N2O2/c16-11-6-5-8-3-1-2-4-9(8)12(11)10-7-14-13(17)15-10/h1-6,10,16H,7H2,(H2,14,15,17)/t10-/m0/s1. The molecule has 0 spiro atoms. The number of amides is 2. The van der Waals surface area contributed by atoms with Crippen LogP contribution < -0.4 is 10.6 Å². The Morgan fingerprint density at radius 3 is 2.76 bits per heavy atom. The Morgan fingerprint density at radius 1 is 1.18 bits per heavy atom. The number of carbonyl (C=O) groups excluding carboxylic acids is 1. The van der Waals surface area contributed by atoms with E-state index in [0.29, 0.717) is 6.54 Å². The Balaban J connectivity index is 2.20. The number of hydrogen-bond donors (Lipinski definition) is 3. The lowest BCUT2D eigenvalue weighted by atomic mass is 9.98. The third kappa shape index (κ3) is 1.58. The van der Waals surface area contributed by atoms with Gasteiger partial charge in [0.25, 0.3) is 0 Å². The number of aromatic hydroxyl groups is 1. The summed E-state index contributed by atoms with van der Waals surface area (Å²) < 4.78 is 0. The fourth-order valence-corrected chi connectivity index (χ4v) is 2.28. The quantitative estimate of drug-likeness (QED) is 0.698. The van der Waals surface area contributed by atoms with Crippen LogP contribution in [-0.4, -0.2) is 17.7 Å². The predicted octanol–water partition coefficient (Wildman–Crippen LogP) is 1.90. The molecule has 1 fully saturated rings. The van der Waals surface area contributed by atoms with Crippen molar-refractivity contribution in [1.82, 2.24) is 10.6 Å². The number of phenolic OH excluding ortho intramolecular Hbond substituents is 1. The van der Waals surface area contributed by atoms with Crippen LogP contribution in [-0.2, 0) is 0 Å². The van der Waals surface area contributed by atoms with Crippen molar-refractivity contribution < 1.29 is 9.90 Å². The highest BCUT2D eigenvalue weighted by molar-refractivity contribution is 5.89. The molecule has 1 aliphatic heterocycles. The lowest BCUT2D eigenvalue weighted by Gasteiger charge is -2.14. The zero-order valence-corrected chi connectivity index (χ0v) is 9.10. The minimum Gasteiger partial charge on any atom is -0.508 e. The number of benzene rings is 2. The predicted molar refractivity (Wildman–Crippen MR) is 64.9 cm³/mol. The molecule has 1 heterocycles. The van der Waals surface area contributed by atoms with Gasteiger partial charge < -0.3 is 15.7 Å². The molecule has 0 radical (unpaired) electrons. The van der Waals surface area contributed by atoms with Gasteiger partial charge in [-0.3, -0.25) is 0 Å². The molecule has 17 heavy (non-hydrogen) atoms. The van der Waals surface area contributed by atoms with Gasteiger partial charge in [0.05, 0.1) is 6.04 Å². The lowest BCUT2D eigenvalue weighted by Crippen LogP contribution is -2.21. The fraction of sp³-hybridized carbons (Fsp3) is 0.154. The minimum absolute atomic E-state index is 0.173. The first kappa shape index (κ1) is 9.96. The van der Waals surface area contributed by atoms with Crippen molar-refractivity contribution in [3.05, 3.63) is 42.0 Å². The summed E-state index contributed by atoms with van der Waals surface area (Å²) in [6, 6.07) is 11.0. The van der Waals surface area contributed by atoms with Gasteiger partial charge in [-0.1, -0.05) is 30.3 Å². The Kier molecular flexibility index (Phi) is 2.14. The number of hydrogen-bond acceptors (Lipinski definition) is 2. The molecule has 4 heteroatoms. The second-order valence-electron chi connectivity index (χ2n) is 4.13. The van der Waals surface area contributed by atoms with Crippen molar-refractivity contribution in [2.75, 3.05) is 6.54 Å². The van der Waals surface area contributed by atoms with Gasteiger partial charge in [-0.25, -0.2) is 4.79 Å². The van der Waals surface area contributed by atoms with Gasteiger partial charge in [-0.05, 0) is 16.8 Å². The van der Waals surface area contributed by atoms with Crippen LogP contribution in [0.3, 0.4) is 0 Å². The molecule has 0 unspecified atom stereocenters. The molecule has 2 aromatic rings. The molecule has 3 N–H and O–H groups in total. The van der Waals surface area contributed by atoms with Crippen LogP contribution >= 0.6 is 0 Å². The van der Waals surface area contributed by atoms with Gasteiger partial charge in [-0.2, -0.15) is 0 Å². The summed E-state index contributed by atoms with van der Waals surface area (Å²) in [5.41, 5.74) is 0.779. The molecule has 2 amide bonds. The number of rotatable bonds is 1. The highest BCUT2D eigenvalue weighted by Gasteiger charge is 2.25. The van der Waals surface area contributed by atoms with Crippen molar-refractivity contribution in [1.29, 1.82) is 0 Å². The average molecular weight is 228 g/mol. The van der Waals surface area contributed by atoms with E-state index >= 15 is 0 Å². The van der Waals surface area contributed by atoms with Gasteiger partial charge in [-0.15, -0.1) is 0 Å². The molecule has 1 aliphatic rings. The SMILES string of the molecule is O=C1NC[C@@H](c2c(O)ccc3ccccc23)N1. The van der Waals surface area contributed by atoms with Crippen LogP contribution in [0.25, 0.3) is 10.8 Å². The topological polar surface area (TPSA) is 61.4 Å². The fourth-order valence-electron chi connectivity index (χ4n) is 2.28. The molecule has 0 aromatic heterocycles. The number of urea groups is 1. The Labute approximate surface area is 98.3 Å². The van der Waals surface area contributed by atoms with Gasteiger partial charge in [0.1, 0.15) is 5.75 Å². The van der Waals surface area contributed by atoms with Crippen LogP contribution in [0.4, 0.5) is 4.79 Å². The van der Waals surface area contributed by atoms with Crippen LogP contribution in [0.2, 0.25) is 0 Å². The normalized spacial score (nSPS) is 19.1. The number of fused-ring (bicyclic) bond motifs is 1. The van der Waals surface area contributed by atoms with Gasteiger partial charge in [0.15, 0.2) is 0 Å². The largest absolute Gasteiger partial charge is 0.508 e. The van der Waals surface area contributed by atoms with E-state index in [1.54, 1.807) is 6.07 Å². The van der Waals surface area contributed by atoms with Crippen molar-refractivity contribution in [3.8, 4) is 5.75 Å². The maximum absolute atomic E-state index is 11.2. The summed E-state index contributed by atoms with van der Waals surface area (Å²) in [5.74, 6) is 0.220. The molecule has 0 saturated carbocycles. The molecular weight excluding hydrogens is 216 g/mol. The third-order valence-electron chi connectivity index (χ3n) is 3.07. The van der Waals surface area contributed by atoms with E-state index in [1.165, 1.54) is 0 Å². The van der Waals surface area contributed by atoms with E-state index in [1.807, 2.05) is 30.3 Å². The zero-order chi connectivity index (χ0) is 11.8. The monoisotopic (exact) mass is 228 g/mol. The molecule has 4 nitrogen and oxygen atoms in total. The van der Waals surface area contributed by atoms with Crippen LogP contribution in [0.1, 0.15) is 11.6 Å². The molecule has 1 saturated heterocycles. The van der Waals surface area contributed by atoms with Crippen molar-refractivity contribution in [2.24, 2.45) is 0 Å². The summed E-state index contributed by atoms with van der Waals surface area (Å²) in [6.45, 7) is 0.500. The molecule has 0 bridgehead atoms. The smallest absolute Gasteiger partial charge is 0.315 e. The Morgan fingerprint density at radius 2 is 2.00 bits per heavy atom. The van der Waals surface area contributed by atoms with E-state index in [9.17, 15) is 9.90 Å². The second-order valence-corrected chi connectivity index (χ2v) is 4.13. The highest BCUT2D eigenvalue weighted by Crippen LogP contribution is 2.32. The summed E-state index contributed by atoms with van der Waals surface area (Å²) in [5, 5.41) is 17.5. The first-order valence-electron chi connectivity index (χ1n) is 5.50. The van der Waals surface area contributed by atoms with E-state index in [2.05, 4.69) is 10.6 Å². The Hall–Kier alpha value is -2.23. The molecular formula is C13H12N2O2. The number of carbonyl (C=O) groups is 1. The van der Waals surface area contributed by atoms with Gasteiger partial charge >= 0.3 is 6.03 Å². The maximum atomic E-state index is 11.2. The second kappa shape index (κ2) is 3.66.